The summed E-state index contributed by atoms with van der Waals surface area (Å²) in [5.41, 5.74) is -0.507. The normalized spacial score (nSPS) is 12.0. The first-order valence-corrected chi connectivity index (χ1v) is 13.2. The zero-order chi connectivity index (χ0) is 29.0. The van der Waals surface area contributed by atoms with Crippen LogP contribution in [-0.4, -0.2) is 33.3 Å². The molecule has 206 valence electrons. The van der Waals surface area contributed by atoms with Gasteiger partial charge in [0.1, 0.15) is 11.6 Å². The molecule has 0 bridgehead atoms. The predicted octanol–water partition coefficient (Wildman–Crippen LogP) is 6.27. The van der Waals surface area contributed by atoms with Gasteiger partial charge in [0.25, 0.3) is 11.5 Å². The molecule has 1 aromatic heterocycles. The minimum Gasteiger partial charge on any atom is -0.476 e. The molecule has 1 heterocycles. The van der Waals surface area contributed by atoms with Crippen molar-refractivity contribution in [3.8, 4) is 5.75 Å². The standard InChI is InChI=1S/C27H22BrClFN5O5/c1-3-15(2)26-33-21-9-8-17(28)11-19(21)27(37)34(26)31-13-16-10-18(29)12-23(35(38)39)25(16)40-14-24(36)32-22-7-5-4-6-20(22)30/h4-13,15H,3,14H2,1-2H3,(H,32,36)/t15-/m1/s1. The van der Waals surface area contributed by atoms with Crippen molar-refractivity contribution in [1.82, 2.24) is 9.66 Å². The Kier molecular flexibility index (Phi) is 8.90. The Hall–Kier alpha value is -4.16. The number of hydrogen-bond donors (Lipinski definition) is 1. The Morgan fingerprint density at radius 3 is 2.75 bits per heavy atom. The number of nitrogens with one attached hydrogen (secondary N) is 1. The Morgan fingerprint density at radius 2 is 2.05 bits per heavy atom. The molecule has 1 N–H and O–H groups in total. The highest BCUT2D eigenvalue weighted by atomic mass is 79.9. The summed E-state index contributed by atoms with van der Waals surface area (Å²) >= 11 is 9.50. The van der Waals surface area contributed by atoms with Gasteiger partial charge in [-0.05, 0) is 42.8 Å². The van der Waals surface area contributed by atoms with Crippen LogP contribution >= 0.6 is 27.5 Å². The molecule has 13 heteroatoms. The lowest BCUT2D eigenvalue weighted by Gasteiger charge is -2.14. The third kappa shape index (κ3) is 6.35. The van der Waals surface area contributed by atoms with Gasteiger partial charge < -0.3 is 10.1 Å². The lowest BCUT2D eigenvalue weighted by molar-refractivity contribution is -0.385. The average Bonchev–Trinajstić information content (AvgIpc) is 2.92. The van der Waals surface area contributed by atoms with Crippen LogP contribution in [0.1, 0.15) is 37.6 Å². The van der Waals surface area contributed by atoms with Crippen molar-refractivity contribution in [2.24, 2.45) is 5.10 Å². The number of nitro benzene ring substituents is 1. The molecule has 10 nitrogen and oxygen atoms in total. The van der Waals surface area contributed by atoms with Crippen LogP contribution in [-0.2, 0) is 4.79 Å². The molecule has 0 aliphatic rings. The number of ether oxygens (including phenoxy) is 1. The van der Waals surface area contributed by atoms with Gasteiger partial charge in [-0.25, -0.2) is 9.37 Å². The number of hydrogen-bond acceptors (Lipinski definition) is 7. The van der Waals surface area contributed by atoms with Gasteiger partial charge in [-0.3, -0.25) is 19.7 Å². The van der Waals surface area contributed by atoms with Gasteiger partial charge in [0.2, 0.25) is 5.75 Å². The van der Waals surface area contributed by atoms with Crippen LogP contribution in [0.25, 0.3) is 10.9 Å². The second kappa shape index (κ2) is 12.3. The second-order valence-electron chi connectivity index (χ2n) is 8.72. The largest absolute Gasteiger partial charge is 0.476 e. The van der Waals surface area contributed by atoms with E-state index in [9.17, 15) is 24.1 Å². The fraction of sp³-hybridized carbons (Fsp3) is 0.185. The lowest BCUT2D eigenvalue weighted by atomic mass is 10.1. The van der Waals surface area contributed by atoms with E-state index < -0.39 is 34.5 Å². The van der Waals surface area contributed by atoms with Crippen molar-refractivity contribution >= 4 is 61.9 Å². The highest BCUT2D eigenvalue weighted by Crippen LogP contribution is 2.34. The van der Waals surface area contributed by atoms with Gasteiger partial charge in [0.15, 0.2) is 6.61 Å². The van der Waals surface area contributed by atoms with Gasteiger partial charge in [-0.1, -0.05) is 53.5 Å². The highest BCUT2D eigenvalue weighted by molar-refractivity contribution is 9.10. The molecule has 0 unspecified atom stereocenters. The minimum absolute atomic E-state index is 0.00590. The van der Waals surface area contributed by atoms with Gasteiger partial charge in [0, 0.05) is 27.0 Å². The summed E-state index contributed by atoms with van der Waals surface area (Å²) in [6, 6.07) is 13.1. The SMILES string of the molecule is CC[C@@H](C)c1nc2ccc(Br)cc2c(=O)n1N=Cc1cc(Cl)cc([N+](=O)[O-])c1OCC(=O)Nc1ccccc1F. The van der Waals surface area contributed by atoms with E-state index in [0.29, 0.717) is 27.6 Å². The number of para-hydroxylation sites is 1. The van der Waals surface area contributed by atoms with Crippen LogP contribution in [0.3, 0.4) is 0 Å². The number of benzene rings is 3. The van der Waals surface area contributed by atoms with Crippen molar-refractivity contribution in [1.29, 1.82) is 0 Å². The van der Waals surface area contributed by atoms with Crippen molar-refractivity contribution in [3.63, 3.8) is 0 Å². The summed E-state index contributed by atoms with van der Waals surface area (Å²) in [6.07, 6.45) is 1.85. The van der Waals surface area contributed by atoms with E-state index in [1.165, 1.54) is 36.5 Å². The zero-order valence-electron chi connectivity index (χ0n) is 21.2. The quantitative estimate of drug-likeness (QED) is 0.132. The maximum absolute atomic E-state index is 13.9. The van der Waals surface area contributed by atoms with E-state index >= 15 is 0 Å². The number of amides is 1. The summed E-state index contributed by atoms with van der Waals surface area (Å²) in [5, 5.41) is 18.8. The maximum Gasteiger partial charge on any atom is 0.313 e. The summed E-state index contributed by atoms with van der Waals surface area (Å²) in [5.74, 6) is -1.47. The Bertz CT molecular complexity index is 1710. The van der Waals surface area contributed by atoms with E-state index in [1.807, 2.05) is 13.8 Å². The summed E-state index contributed by atoms with van der Waals surface area (Å²) in [6.45, 7) is 3.15. The number of aromatic nitrogens is 2. The van der Waals surface area contributed by atoms with Crippen molar-refractivity contribution in [2.45, 2.75) is 26.2 Å². The van der Waals surface area contributed by atoms with Crippen LogP contribution in [0.2, 0.25) is 5.02 Å². The number of nitrogens with zero attached hydrogens (tertiary/aromatic N) is 4. The van der Waals surface area contributed by atoms with Gasteiger partial charge in [-0.15, -0.1) is 0 Å². The first kappa shape index (κ1) is 28.8. The number of rotatable bonds is 9. The molecule has 0 fully saturated rings. The monoisotopic (exact) mass is 629 g/mol. The molecular formula is C27H22BrClFN5O5. The summed E-state index contributed by atoms with van der Waals surface area (Å²) in [7, 11) is 0. The van der Waals surface area contributed by atoms with Gasteiger partial charge in [-0.2, -0.15) is 9.78 Å². The van der Waals surface area contributed by atoms with E-state index in [2.05, 4.69) is 31.3 Å². The van der Waals surface area contributed by atoms with Gasteiger partial charge >= 0.3 is 5.69 Å². The number of nitro groups is 1. The Balaban J connectivity index is 1.75. The van der Waals surface area contributed by atoms with E-state index in [-0.39, 0.29) is 27.9 Å². The minimum atomic E-state index is -0.753. The first-order chi connectivity index (χ1) is 19.1. The lowest BCUT2D eigenvalue weighted by Crippen LogP contribution is -2.24. The highest BCUT2D eigenvalue weighted by Gasteiger charge is 2.22. The Labute approximate surface area is 240 Å². The van der Waals surface area contributed by atoms with Crippen molar-refractivity contribution < 1.29 is 18.8 Å². The maximum atomic E-state index is 13.9. The molecule has 0 spiro atoms. The number of anilines is 1. The van der Waals surface area contributed by atoms with E-state index in [1.54, 1.807) is 18.2 Å². The molecule has 0 saturated heterocycles. The average molecular weight is 631 g/mol. The van der Waals surface area contributed by atoms with E-state index in [0.717, 1.165) is 10.7 Å². The van der Waals surface area contributed by atoms with E-state index in [4.69, 9.17) is 16.3 Å². The molecule has 1 atom stereocenters. The molecular weight excluding hydrogens is 609 g/mol. The zero-order valence-corrected chi connectivity index (χ0v) is 23.6. The van der Waals surface area contributed by atoms with Crippen LogP contribution in [0.4, 0.5) is 15.8 Å². The molecule has 0 aliphatic carbocycles. The summed E-state index contributed by atoms with van der Waals surface area (Å²) in [4.78, 5) is 41.6. The number of halogens is 3. The fourth-order valence-electron chi connectivity index (χ4n) is 3.77. The topological polar surface area (TPSA) is 129 Å². The Morgan fingerprint density at radius 1 is 1.30 bits per heavy atom. The second-order valence-corrected chi connectivity index (χ2v) is 10.1. The molecule has 3 aromatic carbocycles. The smallest absolute Gasteiger partial charge is 0.313 e. The third-order valence-electron chi connectivity index (χ3n) is 5.95. The third-order valence-corrected chi connectivity index (χ3v) is 6.67. The first-order valence-electron chi connectivity index (χ1n) is 12.0. The number of carbonyl (C=O) groups is 1. The number of carbonyl (C=O) groups excluding carboxylic acids is 1. The molecule has 0 saturated carbocycles. The van der Waals surface area contributed by atoms with Gasteiger partial charge in [0.05, 0.1) is 27.7 Å². The van der Waals surface area contributed by atoms with Crippen LogP contribution < -0.4 is 15.6 Å². The molecule has 4 rings (SSSR count). The molecule has 1 amide bonds. The van der Waals surface area contributed by atoms with Crippen LogP contribution in [0, 0.1) is 15.9 Å². The summed E-state index contributed by atoms with van der Waals surface area (Å²) < 4.78 is 21.2. The molecule has 0 aliphatic heterocycles. The number of fused-ring (bicyclic) bond motifs is 1. The van der Waals surface area contributed by atoms with Crippen molar-refractivity contribution in [2.75, 3.05) is 11.9 Å². The van der Waals surface area contributed by atoms with Crippen LogP contribution in [0.5, 0.6) is 5.75 Å². The molecule has 4 aromatic rings. The van der Waals surface area contributed by atoms with Crippen molar-refractivity contribution in [3.05, 3.63) is 102 Å². The predicted molar refractivity (Wildman–Crippen MR) is 154 cm³/mol. The molecule has 40 heavy (non-hydrogen) atoms. The fourth-order valence-corrected chi connectivity index (χ4v) is 4.36. The molecule has 0 radical (unpaired) electrons. The van der Waals surface area contributed by atoms with Crippen LogP contribution in [0.15, 0.2) is 69.0 Å².